The second kappa shape index (κ2) is 7.20. The fourth-order valence-electron chi connectivity index (χ4n) is 2.12. The second-order valence-electron chi connectivity index (χ2n) is 4.73. The van der Waals surface area contributed by atoms with Crippen LogP contribution in [-0.4, -0.2) is 43.4 Å². The summed E-state index contributed by atoms with van der Waals surface area (Å²) in [6, 6.07) is -0.258. The van der Waals surface area contributed by atoms with Gasteiger partial charge in [0.1, 0.15) is 0 Å². The van der Waals surface area contributed by atoms with Crippen molar-refractivity contribution in [3.63, 3.8) is 0 Å². The molecule has 1 saturated carbocycles. The predicted octanol–water partition coefficient (Wildman–Crippen LogP) is 0.967. The van der Waals surface area contributed by atoms with Crippen molar-refractivity contribution in [2.24, 2.45) is 5.41 Å². The van der Waals surface area contributed by atoms with Gasteiger partial charge in [0, 0.05) is 19.7 Å². The summed E-state index contributed by atoms with van der Waals surface area (Å²) in [6.07, 6.45) is 2.92. The monoisotopic (exact) mass is 258 g/mol. The number of carboxylic acid groups (broad SMARTS) is 1. The van der Waals surface area contributed by atoms with Crippen LogP contribution >= 0.6 is 0 Å². The van der Waals surface area contributed by atoms with Gasteiger partial charge in [0.2, 0.25) is 0 Å². The molecule has 6 heteroatoms. The van der Waals surface area contributed by atoms with Crippen LogP contribution < -0.4 is 10.6 Å². The number of carboxylic acids is 1. The molecule has 0 aromatic heterocycles. The summed E-state index contributed by atoms with van der Waals surface area (Å²) in [7, 11) is 0. The Morgan fingerprint density at radius 2 is 2.06 bits per heavy atom. The van der Waals surface area contributed by atoms with Crippen molar-refractivity contribution < 1.29 is 19.4 Å². The zero-order valence-electron chi connectivity index (χ0n) is 10.8. The summed E-state index contributed by atoms with van der Waals surface area (Å²) in [6.45, 7) is 3.91. The molecule has 1 aliphatic rings. The zero-order chi connectivity index (χ0) is 13.4. The first kappa shape index (κ1) is 14.8. The largest absolute Gasteiger partial charge is 0.481 e. The molecule has 1 aliphatic carbocycles. The van der Waals surface area contributed by atoms with Crippen LogP contribution in [0.1, 0.15) is 32.6 Å². The van der Waals surface area contributed by atoms with E-state index in [2.05, 4.69) is 10.6 Å². The fraction of sp³-hybridized carbons (Fsp3) is 0.833. The molecule has 0 aliphatic heterocycles. The molecule has 1 fully saturated rings. The highest BCUT2D eigenvalue weighted by atomic mass is 16.5. The maximum atomic E-state index is 11.5. The Morgan fingerprint density at radius 3 is 2.56 bits per heavy atom. The van der Waals surface area contributed by atoms with Crippen molar-refractivity contribution in [3.8, 4) is 0 Å². The maximum Gasteiger partial charge on any atom is 0.314 e. The first-order valence-electron chi connectivity index (χ1n) is 6.39. The first-order valence-corrected chi connectivity index (χ1v) is 6.39. The molecule has 0 radical (unpaired) electrons. The number of hydrogen-bond donors (Lipinski definition) is 3. The van der Waals surface area contributed by atoms with Crippen molar-refractivity contribution in [1.29, 1.82) is 0 Å². The lowest BCUT2D eigenvalue weighted by Gasteiger charge is -2.40. The van der Waals surface area contributed by atoms with E-state index in [1.165, 1.54) is 0 Å². The van der Waals surface area contributed by atoms with Gasteiger partial charge in [-0.05, 0) is 25.2 Å². The molecule has 0 bridgehead atoms. The fourth-order valence-corrected chi connectivity index (χ4v) is 2.12. The SMILES string of the molecule is CCOCCNC(=O)NCC1(CC(=O)O)CCC1. The number of hydrogen-bond acceptors (Lipinski definition) is 3. The molecule has 0 atom stereocenters. The first-order chi connectivity index (χ1) is 8.58. The topological polar surface area (TPSA) is 87.7 Å². The number of carbonyl (C=O) groups excluding carboxylic acids is 1. The zero-order valence-corrected chi connectivity index (χ0v) is 10.8. The average molecular weight is 258 g/mol. The van der Waals surface area contributed by atoms with E-state index in [0.29, 0.717) is 26.3 Å². The number of rotatable bonds is 8. The van der Waals surface area contributed by atoms with E-state index in [9.17, 15) is 9.59 Å². The standard InChI is InChI=1S/C12H22N2O4/c1-2-18-7-6-13-11(17)14-9-12(4-3-5-12)8-10(15)16/h2-9H2,1H3,(H,15,16)(H2,13,14,17). The van der Waals surface area contributed by atoms with E-state index < -0.39 is 5.97 Å². The third kappa shape index (κ3) is 4.91. The van der Waals surface area contributed by atoms with Crippen molar-refractivity contribution >= 4 is 12.0 Å². The summed E-state index contributed by atoms with van der Waals surface area (Å²) in [5.41, 5.74) is -0.233. The van der Waals surface area contributed by atoms with Gasteiger partial charge in [0.05, 0.1) is 13.0 Å². The van der Waals surface area contributed by atoms with Crippen molar-refractivity contribution in [2.75, 3.05) is 26.3 Å². The molecule has 0 aromatic rings. The molecule has 3 N–H and O–H groups in total. The lowest BCUT2D eigenvalue weighted by atomic mass is 9.66. The van der Waals surface area contributed by atoms with Crippen LogP contribution in [0.3, 0.4) is 0 Å². The normalized spacial score (nSPS) is 16.7. The van der Waals surface area contributed by atoms with E-state index >= 15 is 0 Å². The molecule has 2 amide bonds. The van der Waals surface area contributed by atoms with E-state index in [1.54, 1.807) is 0 Å². The van der Waals surface area contributed by atoms with E-state index in [1.807, 2.05) is 6.92 Å². The smallest absolute Gasteiger partial charge is 0.314 e. The van der Waals surface area contributed by atoms with Crippen LogP contribution in [0.5, 0.6) is 0 Å². The Labute approximate surface area is 107 Å². The summed E-state index contributed by atoms with van der Waals surface area (Å²) < 4.78 is 5.09. The number of aliphatic carboxylic acids is 1. The third-order valence-electron chi connectivity index (χ3n) is 3.30. The average Bonchev–Trinajstić information content (AvgIpc) is 2.27. The molecule has 0 unspecified atom stereocenters. The van der Waals surface area contributed by atoms with Crippen molar-refractivity contribution in [3.05, 3.63) is 0 Å². The van der Waals surface area contributed by atoms with Gasteiger partial charge in [-0.3, -0.25) is 4.79 Å². The number of ether oxygens (including phenoxy) is 1. The molecule has 18 heavy (non-hydrogen) atoms. The van der Waals surface area contributed by atoms with Crippen LogP contribution in [-0.2, 0) is 9.53 Å². The Balaban J connectivity index is 2.18. The van der Waals surface area contributed by atoms with Crippen LogP contribution in [0.15, 0.2) is 0 Å². The van der Waals surface area contributed by atoms with Gasteiger partial charge < -0.3 is 20.5 Å². The molecular weight excluding hydrogens is 236 g/mol. The summed E-state index contributed by atoms with van der Waals surface area (Å²) in [5.74, 6) is -0.798. The van der Waals surface area contributed by atoms with E-state index in [4.69, 9.17) is 9.84 Å². The second-order valence-corrected chi connectivity index (χ2v) is 4.73. The highest BCUT2D eigenvalue weighted by molar-refractivity contribution is 5.74. The maximum absolute atomic E-state index is 11.5. The van der Waals surface area contributed by atoms with Gasteiger partial charge in [-0.2, -0.15) is 0 Å². The number of nitrogens with one attached hydrogen (secondary N) is 2. The van der Waals surface area contributed by atoms with Crippen LogP contribution in [0.25, 0.3) is 0 Å². The highest BCUT2D eigenvalue weighted by Crippen LogP contribution is 2.43. The summed E-state index contributed by atoms with van der Waals surface area (Å²) >= 11 is 0. The molecule has 0 spiro atoms. The Bertz CT molecular complexity index is 290. The molecule has 0 saturated heterocycles. The number of carbonyl (C=O) groups is 2. The van der Waals surface area contributed by atoms with Gasteiger partial charge in [-0.1, -0.05) is 6.42 Å². The van der Waals surface area contributed by atoms with Gasteiger partial charge in [0.15, 0.2) is 0 Å². The summed E-state index contributed by atoms with van der Waals surface area (Å²) in [5, 5.41) is 14.2. The molecule has 6 nitrogen and oxygen atoms in total. The lowest BCUT2D eigenvalue weighted by Crippen LogP contribution is -2.47. The number of urea groups is 1. The molecule has 104 valence electrons. The molecular formula is C12H22N2O4. The predicted molar refractivity (Wildman–Crippen MR) is 66.4 cm³/mol. The quantitative estimate of drug-likeness (QED) is 0.566. The minimum absolute atomic E-state index is 0.131. The van der Waals surface area contributed by atoms with E-state index in [-0.39, 0.29) is 17.9 Å². The lowest BCUT2D eigenvalue weighted by molar-refractivity contribution is -0.141. The summed E-state index contributed by atoms with van der Waals surface area (Å²) in [4.78, 5) is 22.2. The molecule has 0 aromatic carbocycles. The van der Waals surface area contributed by atoms with Crippen LogP contribution in [0, 0.1) is 5.41 Å². The van der Waals surface area contributed by atoms with E-state index in [0.717, 1.165) is 19.3 Å². The molecule has 0 heterocycles. The van der Waals surface area contributed by atoms with Crippen LogP contribution in [0.2, 0.25) is 0 Å². The minimum atomic E-state index is -0.798. The molecule has 1 rings (SSSR count). The van der Waals surface area contributed by atoms with Crippen molar-refractivity contribution in [2.45, 2.75) is 32.6 Å². The van der Waals surface area contributed by atoms with Crippen LogP contribution in [0.4, 0.5) is 4.79 Å². The minimum Gasteiger partial charge on any atom is -0.481 e. The van der Waals surface area contributed by atoms with Gasteiger partial charge in [-0.25, -0.2) is 4.79 Å². The Hall–Kier alpha value is -1.30. The van der Waals surface area contributed by atoms with Gasteiger partial charge in [0.25, 0.3) is 0 Å². The van der Waals surface area contributed by atoms with Gasteiger partial charge >= 0.3 is 12.0 Å². The highest BCUT2D eigenvalue weighted by Gasteiger charge is 2.39. The number of amides is 2. The Morgan fingerprint density at radius 1 is 1.33 bits per heavy atom. The van der Waals surface area contributed by atoms with Crippen molar-refractivity contribution in [1.82, 2.24) is 10.6 Å². The Kier molecular flexibility index (Phi) is 5.91. The van der Waals surface area contributed by atoms with Gasteiger partial charge in [-0.15, -0.1) is 0 Å². The third-order valence-corrected chi connectivity index (χ3v) is 3.30.